The van der Waals surface area contributed by atoms with Crippen molar-refractivity contribution in [2.75, 3.05) is 11.1 Å². The Morgan fingerprint density at radius 1 is 1.10 bits per heavy atom. The van der Waals surface area contributed by atoms with Crippen molar-refractivity contribution >= 4 is 17.1 Å². The standard InChI is InChI=1S/C16H17N3O/c1-11(2)20-15-7-5-13(6-8-15)19-14-4-3-12(10-17)16(18)9-14/h3-9,11,19H,18H2,1-2H3. The zero-order valence-corrected chi connectivity index (χ0v) is 11.6. The largest absolute Gasteiger partial charge is 0.491 e. The molecular weight excluding hydrogens is 250 g/mol. The molecule has 0 aliphatic carbocycles. The average molecular weight is 267 g/mol. The molecule has 0 heterocycles. The third-order valence-electron chi connectivity index (χ3n) is 2.69. The minimum atomic E-state index is 0.159. The first-order valence-corrected chi connectivity index (χ1v) is 6.42. The molecule has 3 N–H and O–H groups in total. The molecule has 0 amide bonds. The molecule has 0 atom stereocenters. The summed E-state index contributed by atoms with van der Waals surface area (Å²) in [6.45, 7) is 3.98. The van der Waals surface area contributed by atoms with E-state index in [1.807, 2.05) is 50.2 Å². The molecule has 0 fully saturated rings. The summed E-state index contributed by atoms with van der Waals surface area (Å²) in [4.78, 5) is 0. The number of rotatable bonds is 4. The van der Waals surface area contributed by atoms with E-state index in [0.29, 0.717) is 11.3 Å². The van der Waals surface area contributed by atoms with Crippen LogP contribution in [0.3, 0.4) is 0 Å². The number of ether oxygens (including phenoxy) is 1. The van der Waals surface area contributed by atoms with Gasteiger partial charge in [-0.15, -0.1) is 0 Å². The smallest absolute Gasteiger partial charge is 0.119 e. The number of nitrogen functional groups attached to an aromatic ring is 1. The Morgan fingerprint density at radius 2 is 1.75 bits per heavy atom. The van der Waals surface area contributed by atoms with Gasteiger partial charge in [-0.1, -0.05) is 0 Å². The molecule has 0 bridgehead atoms. The molecule has 0 saturated carbocycles. The van der Waals surface area contributed by atoms with E-state index in [2.05, 4.69) is 5.32 Å². The third-order valence-corrected chi connectivity index (χ3v) is 2.69. The maximum atomic E-state index is 8.84. The summed E-state index contributed by atoms with van der Waals surface area (Å²) >= 11 is 0. The second-order valence-corrected chi connectivity index (χ2v) is 4.73. The Bertz CT molecular complexity index is 627. The Kier molecular flexibility index (Phi) is 4.11. The van der Waals surface area contributed by atoms with Crippen LogP contribution in [0.25, 0.3) is 0 Å². The van der Waals surface area contributed by atoms with Gasteiger partial charge in [0.25, 0.3) is 0 Å². The highest BCUT2D eigenvalue weighted by Crippen LogP contribution is 2.23. The van der Waals surface area contributed by atoms with Crippen LogP contribution in [0.1, 0.15) is 19.4 Å². The number of nitrogens with one attached hydrogen (secondary N) is 1. The Morgan fingerprint density at radius 3 is 2.30 bits per heavy atom. The van der Waals surface area contributed by atoms with E-state index in [1.165, 1.54) is 0 Å². The summed E-state index contributed by atoms with van der Waals surface area (Å²) in [5, 5.41) is 12.1. The SMILES string of the molecule is CC(C)Oc1ccc(Nc2ccc(C#N)c(N)c2)cc1. The van der Waals surface area contributed by atoms with Gasteiger partial charge in [-0.05, 0) is 56.3 Å². The van der Waals surface area contributed by atoms with Crippen molar-refractivity contribution in [2.24, 2.45) is 0 Å². The zero-order valence-electron chi connectivity index (χ0n) is 11.6. The Labute approximate surface area is 118 Å². The predicted molar refractivity (Wildman–Crippen MR) is 81.1 cm³/mol. The molecule has 20 heavy (non-hydrogen) atoms. The number of nitriles is 1. The van der Waals surface area contributed by atoms with Gasteiger partial charge in [0.1, 0.15) is 11.8 Å². The minimum absolute atomic E-state index is 0.159. The van der Waals surface area contributed by atoms with Crippen LogP contribution in [0.15, 0.2) is 42.5 Å². The van der Waals surface area contributed by atoms with Crippen LogP contribution in [0, 0.1) is 11.3 Å². The summed E-state index contributed by atoms with van der Waals surface area (Å²) < 4.78 is 5.58. The van der Waals surface area contributed by atoms with Crippen molar-refractivity contribution < 1.29 is 4.74 Å². The van der Waals surface area contributed by atoms with Crippen molar-refractivity contribution in [1.82, 2.24) is 0 Å². The first-order valence-electron chi connectivity index (χ1n) is 6.42. The number of nitrogens with two attached hydrogens (primary N) is 1. The molecule has 0 radical (unpaired) electrons. The van der Waals surface area contributed by atoms with Gasteiger partial charge in [0, 0.05) is 11.4 Å². The van der Waals surface area contributed by atoms with Gasteiger partial charge >= 0.3 is 0 Å². The quantitative estimate of drug-likeness (QED) is 0.829. The highest BCUT2D eigenvalue weighted by atomic mass is 16.5. The fourth-order valence-electron chi connectivity index (χ4n) is 1.80. The lowest BCUT2D eigenvalue weighted by molar-refractivity contribution is 0.242. The van der Waals surface area contributed by atoms with Crippen molar-refractivity contribution in [2.45, 2.75) is 20.0 Å². The van der Waals surface area contributed by atoms with Crippen LogP contribution in [0.2, 0.25) is 0 Å². The molecule has 2 aromatic carbocycles. The summed E-state index contributed by atoms with van der Waals surface area (Å²) in [6.07, 6.45) is 0.159. The lowest BCUT2D eigenvalue weighted by Gasteiger charge is -2.11. The second-order valence-electron chi connectivity index (χ2n) is 4.73. The monoisotopic (exact) mass is 267 g/mol. The molecular formula is C16H17N3O. The Balaban J connectivity index is 2.10. The predicted octanol–water partition coefficient (Wildman–Crippen LogP) is 3.67. The van der Waals surface area contributed by atoms with Crippen molar-refractivity contribution in [3.05, 3.63) is 48.0 Å². The third kappa shape index (κ3) is 3.42. The van der Waals surface area contributed by atoms with Gasteiger partial charge in [-0.3, -0.25) is 0 Å². The minimum Gasteiger partial charge on any atom is -0.491 e. The van der Waals surface area contributed by atoms with Gasteiger partial charge in [0.15, 0.2) is 0 Å². The highest BCUT2D eigenvalue weighted by molar-refractivity contribution is 5.67. The van der Waals surface area contributed by atoms with E-state index in [9.17, 15) is 0 Å². The van der Waals surface area contributed by atoms with Crippen molar-refractivity contribution in [3.63, 3.8) is 0 Å². The molecule has 0 aromatic heterocycles. The van der Waals surface area contributed by atoms with Crippen LogP contribution in [-0.2, 0) is 0 Å². The van der Waals surface area contributed by atoms with Crippen molar-refractivity contribution in [1.29, 1.82) is 5.26 Å². The molecule has 4 nitrogen and oxygen atoms in total. The molecule has 0 spiro atoms. The van der Waals surface area contributed by atoms with Gasteiger partial charge in [-0.25, -0.2) is 0 Å². The first kappa shape index (κ1) is 13.8. The maximum absolute atomic E-state index is 8.84. The lowest BCUT2D eigenvalue weighted by Crippen LogP contribution is -2.05. The van der Waals surface area contributed by atoms with Gasteiger partial charge in [0.05, 0.1) is 17.4 Å². The van der Waals surface area contributed by atoms with Gasteiger partial charge in [-0.2, -0.15) is 5.26 Å². The summed E-state index contributed by atoms with van der Waals surface area (Å²) in [5.74, 6) is 0.838. The molecule has 2 aromatic rings. The number of anilines is 3. The van der Waals surface area contributed by atoms with E-state index < -0.39 is 0 Å². The first-order chi connectivity index (χ1) is 9.58. The van der Waals surface area contributed by atoms with E-state index in [1.54, 1.807) is 12.1 Å². The molecule has 0 saturated heterocycles. The highest BCUT2D eigenvalue weighted by Gasteiger charge is 2.01. The number of benzene rings is 2. The van der Waals surface area contributed by atoms with Gasteiger partial charge < -0.3 is 15.8 Å². The number of nitrogens with zero attached hydrogens (tertiary/aromatic N) is 1. The second kappa shape index (κ2) is 5.98. The summed E-state index contributed by atoms with van der Waals surface area (Å²) in [7, 11) is 0. The van der Waals surface area contributed by atoms with Crippen LogP contribution in [0.4, 0.5) is 17.1 Å². The van der Waals surface area contributed by atoms with E-state index in [-0.39, 0.29) is 6.10 Å². The van der Waals surface area contributed by atoms with Crippen LogP contribution < -0.4 is 15.8 Å². The molecule has 0 unspecified atom stereocenters. The zero-order chi connectivity index (χ0) is 14.5. The average Bonchev–Trinajstić information content (AvgIpc) is 2.41. The van der Waals surface area contributed by atoms with Crippen LogP contribution in [-0.4, -0.2) is 6.10 Å². The number of hydrogen-bond acceptors (Lipinski definition) is 4. The lowest BCUT2D eigenvalue weighted by atomic mass is 10.1. The molecule has 2 rings (SSSR count). The summed E-state index contributed by atoms with van der Waals surface area (Å²) in [5.41, 5.74) is 8.52. The normalized spacial score (nSPS) is 10.1. The van der Waals surface area contributed by atoms with Crippen LogP contribution >= 0.6 is 0 Å². The van der Waals surface area contributed by atoms with Crippen molar-refractivity contribution in [3.8, 4) is 11.8 Å². The fraction of sp³-hybridized carbons (Fsp3) is 0.188. The molecule has 4 heteroatoms. The maximum Gasteiger partial charge on any atom is 0.119 e. The van der Waals surface area contributed by atoms with E-state index in [4.69, 9.17) is 15.7 Å². The number of hydrogen-bond donors (Lipinski definition) is 2. The molecule has 0 aliphatic heterocycles. The summed E-state index contributed by atoms with van der Waals surface area (Å²) in [6, 6.07) is 15.0. The molecule has 0 aliphatic rings. The van der Waals surface area contributed by atoms with Gasteiger partial charge in [0.2, 0.25) is 0 Å². The Hall–Kier alpha value is -2.67. The topological polar surface area (TPSA) is 71.1 Å². The van der Waals surface area contributed by atoms with E-state index >= 15 is 0 Å². The van der Waals surface area contributed by atoms with E-state index in [0.717, 1.165) is 17.1 Å². The fourth-order valence-corrected chi connectivity index (χ4v) is 1.80. The van der Waals surface area contributed by atoms with Crippen LogP contribution in [0.5, 0.6) is 5.75 Å². The molecule has 102 valence electrons.